The zero-order valence-corrected chi connectivity index (χ0v) is 8.74. The topological polar surface area (TPSA) is 87.6 Å². The minimum atomic E-state index is -0.482. The third-order valence-corrected chi connectivity index (χ3v) is 1.96. The van der Waals surface area contributed by atoms with Crippen LogP contribution in [0.1, 0.15) is 17.3 Å². The Hall–Kier alpha value is -1.91. The Balaban J connectivity index is 3.11. The molecule has 15 heavy (non-hydrogen) atoms. The van der Waals surface area contributed by atoms with Crippen LogP contribution < -0.4 is 16.2 Å². The summed E-state index contributed by atoms with van der Waals surface area (Å²) in [5, 5.41) is 0. The number of benzene rings is 1. The number of esters is 1. The molecule has 0 heterocycles. The first-order chi connectivity index (χ1) is 7.11. The minimum Gasteiger partial charge on any atom is -0.495 e. The van der Waals surface area contributed by atoms with E-state index in [1.807, 2.05) is 0 Å². The van der Waals surface area contributed by atoms with E-state index >= 15 is 0 Å². The fraction of sp³-hybridized carbons (Fsp3) is 0.300. The Bertz CT molecular complexity index is 377. The maximum Gasteiger partial charge on any atom is 0.340 e. The monoisotopic (exact) mass is 210 g/mol. The van der Waals surface area contributed by atoms with Crippen molar-refractivity contribution in [2.24, 2.45) is 0 Å². The third-order valence-electron chi connectivity index (χ3n) is 1.96. The number of methoxy groups -OCH3 is 1. The number of hydrogen-bond donors (Lipinski definition) is 2. The van der Waals surface area contributed by atoms with Gasteiger partial charge in [0.2, 0.25) is 0 Å². The fourth-order valence-electron chi connectivity index (χ4n) is 1.18. The molecule has 0 unspecified atom stereocenters. The first-order valence-electron chi connectivity index (χ1n) is 4.50. The highest BCUT2D eigenvalue weighted by molar-refractivity contribution is 5.99. The maximum atomic E-state index is 11.4. The molecule has 0 saturated heterocycles. The molecule has 4 N–H and O–H groups in total. The minimum absolute atomic E-state index is 0.188. The molecule has 1 rings (SSSR count). The predicted molar refractivity (Wildman–Crippen MR) is 57.8 cm³/mol. The van der Waals surface area contributed by atoms with E-state index in [9.17, 15) is 4.79 Å². The second-order valence-electron chi connectivity index (χ2n) is 2.86. The summed E-state index contributed by atoms with van der Waals surface area (Å²) in [6, 6.07) is 3.11. The van der Waals surface area contributed by atoms with Crippen molar-refractivity contribution in [1.82, 2.24) is 0 Å². The van der Waals surface area contributed by atoms with E-state index in [0.29, 0.717) is 12.4 Å². The van der Waals surface area contributed by atoms with Crippen molar-refractivity contribution in [1.29, 1.82) is 0 Å². The number of rotatable bonds is 3. The van der Waals surface area contributed by atoms with E-state index in [1.165, 1.54) is 13.2 Å². The first kappa shape index (κ1) is 11.2. The Kier molecular flexibility index (Phi) is 3.38. The Morgan fingerprint density at radius 1 is 1.33 bits per heavy atom. The van der Waals surface area contributed by atoms with Gasteiger partial charge in [-0.15, -0.1) is 0 Å². The lowest BCUT2D eigenvalue weighted by Crippen LogP contribution is -2.10. The van der Waals surface area contributed by atoms with Gasteiger partial charge < -0.3 is 20.9 Å². The molecule has 0 aliphatic carbocycles. The predicted octanol–water partition coefficient (Wildman–Crippen LogP) is 1.04. The van der Waals surface area contributed by atoms with Gasteiger partial charge in [0.05, 0.1) is 30.7 Å². The van der Waals surface area contributed by atoms with E-state index in [0.717, 1.165) is 0 Å². The second-order valence-corrected chi connectivity index (χ2v) is 2.86. The van der Waals surface area contributed by atoms with Gasteiger partial charge in [-0.2, -0.15) is 0 Å². The van der Waals surface area contributed by atoms with Crippen LogP contribution in [0.2, 0.25) is 0 Å². The average Bonchev–Trinajstić information content (AvgIpc) is 2.22. The average molecular weight is 210 g/mol. The van der Waals surface area contributed by atoms with E-state index < -0.39 is 5.97 Å². The number of nitrogen functional groups attached to an aromatic ring is 2. The van der Waals surface area contributed by atoms with Gasteiger partial charge in [-0.05, 0) is 19.1 Å². The Morgan fingerprint density at radius 2 is 2.00 bits per heavy atom. The zero-order chi connectivity index (χ0) is 11.4. The van der Waals surface area contributed by atoms with Crippen LogP contribution in [0.5, 0.6) is 5.75 Å². The lowest BCUT2D eigenvalue weighted by Gasteiger charge is -2.10. The van der Waals surface area contributed by atoms with Crippen LogP contribution in [-0.4, -0.2) is 19.7 Å². The van der Waals surface area contributed by atoms with E-state index in [-0.39, 0.29) is 16.9 Å². The summed E-state index contributed by atoms with van der Waals surface area (Å²) >= 11 is 0. The molecule has 0 atom stereocenters. The van der Waals surface area contributed by atoms with Crippen molar-refractivity contribution >= 4 is 17.3 Å². The van der Waals surface area contributed by atoms with Gasteiger partial charge in [-0.25, -0.2) is 4.79 Å². The summed E-state index contributed by atoms with van der Waals surface area (Å²) in [6.07, 6.45) is 0. The molecular weight excluding hydrogens is 196 g/mol. The zero-order valence-electron chi connectivity index (χ0n) is 8.74. The highest BCUT2D eigenvalue weighted by Crippen LogP contribution is 2.30. The van der Waals surface area contributed by atoms with Gasteiger partial charge in [-0.3, -0.25) is 0 Å². The molecule has 5 nitrogen and oxygen atoms in total. The van der Waals surface area contributed by atoms with Crippen molar-refractivity contribution in [3.05, 3.63) is 17.7 Å². The number of ether oxygens (including phenoxy) is 2. The molecule has 0 aliphatic rings. The summed E-state index contributed by atoms with van der Waals surface area (Å²) in [5.41, 5.74) is 12.1. The number of carbonyl (C=O) groups is 1. The summed E-state index contributed by atoms with van der Waals surface area (Å²) < 4.78 is 9.79. The van der Waals surface area contributed by atoms with Crippen LogP contribution in [0.25, 0.3) is 0 Å². The van der Waals surface area contributed by atoms with Crippen LogP contribution in [0, 0.1) is 0 Å². The maximum absolute atomic E-state index is 11.4. The highest BCUT2D eigenvalue weighted by atomic mass is 16.5. The Labute approximate surface area is 88.0 Å². The van der Waals surface area contributed by atoms with Crippen LogP contribution in [-0.2, 0) is 4.74 Å². The van der Waals surface area contributed by atoms with Crippen molar-refractivity contribution in [3.63, 3.8) is 0 Å². The molecule has 0 spiro atoms. The molecule has 0 bridgehead atoms. The molecule has 0 amide bonds. The summed E-state index contributed by atoms with van der Waals surface area (Å²) in [5.74, 6) is -0.0371. The first-order valence-corrected chi connectivity index (χ1v) is 4.50. The number of anilines is 2. The largest absolute Gasteiger partial charge is 0.495 e. The number of hydrogen-bond acceptors (Lipinski definition) is 5. The number of carbonyl (C=O) groups excluding carboxylic acids is 1. The standard InChI is InChI=1S/C10H14N2O3/c1-3-15-10(13)6-4-5-7(14-2)9(12)8(6)11/h4-5H,3,11-12H2,1-2H3. The third kappa shape index (κ3) is 2.12. The lowest BCUT2D eigenvalue weighted by atomic mass is 10.1. The van der Waals surface area contributed by atoms with Crippen molar-refractivity contribution in [3.8, 4) is 5.75 Å². The van der Waals surface area contributed by atoms with Crippen LogP contribution >= 0.6 is 0 Å². The molecule has 0 saturated carbocycles. The molecule has 82 valence electrons. The normalized spacial score (nSPS) is 9.73. The van der Waals surface area contributed by atoms with Crippen LogP contribution in [0.15, 0.2) is 12.1 Å². The lowest BCUT2D eigenvalue weighted by molar-refractivity contribution is 0.0527. The van der Waals surface area contributed by atoms with Gasteiger partial charge in [0, 0.05) is 0 Å². The molecule has 0 aromatic heterocycles. The van der Waals surface area contributed by atoms with Gasteiger partial charge >= 0.3 is 5.97 Å². The number of nitrogens with two attached hydrogens (primary N) is 2. The van der Waals surface area contributed by atoms with Crippen LogP contribution in [0.3, 0.4) is 0 Å². The molecule has 0 radical (unpaired) electrons. The van der Waals surface area contributed by atoms with Crippen molar-refractivity contribution < 1.29 is 14.3 Å². The van der Waals surface area contributed by atoms with Crippen molar-refractivity contribution in [2.45, 2.75) is 6.92 Å². The Morgan fingerprint density at radius 3 is 2.53 bits per heavy atom. The van der Waals surface area contributed by atoms with Crippen LogP contribution in [0.4, 0.5) is 11.4 Å². The summed E-state index contributed by atoms with van der Waals surface area (Å²) in [6.45, 7) is 2.02. The quantitative estimate of drug-likeness (QED) is 0.574. The van der Waals surface area contributed by atoms with Crippen molar-refractivity contribution in [2.75, 3.05) is 25.2 Å². The molecule has 0 fully saturated rings. The molecule has 1 aromatic carbocycles. The van der Waals surface area contributed by atoms with E-state index in [4.69, 9.17) is 20.9 Å². The highest BCUT2D eigenvalue weighted by Gasteiger charge is 2.15. The molecule has 0 aliphatic heterocycles. The second kappa shape index (κ2) is 4.54. The SMILES string of the molecule is CCOC(=O)c1ccc(OC)c(N)c1N. The van der Waals surface area contributed by atoms with E-state index in [1.54, 1.807) is 13.0 Å². The molecule has 1 aromatic rings. The van der Waals surface area contributed by atoms with E-state index in [2.05, 4.69) is 0 Å². The smallest absolute Gasteiger partial charge is 0.340 e. The van der Waals surface area contributed by atoms with Gasteiger partial charge in [-0.1, -0.05) is 0 Å². The van der Waals surface area contributed by atoms with Gasteiger partial charge in [0.25, 0.3) is 0 Å². The fourth-order valence-corrected chi connectivity index (χ4v) is 1.18. The summed E-state index contributed by atoms with van der Waals surface area (Å²) in [4.78, 5) is 11.4. The van der Waals surface area contributed by atoms with Gasteiger partial charge in [0.1, 0.15) is 5.75 Å². The summed E-state index contributed by atoms with van der Waals surface area (Å²) in [7, 11) is 1.48. The van der Waals surface area contributed by atoms with Gasteiger partial charge in [0.15, 0.2) is 0 Å². The molecular formula is C10H14N2O3. The molecule has 5 heteroatoms.